The summed E-state index contributed by atoms with van der Waals surface area (Å²) in [5.41, 5.74) is 3.31. The second-order valence-electron chi connectivity index (χ2n) is 12.1. The zero-order valence-electron chi connectivity index (χ0n) is 26.1. The molecular formula is C35H24N6O10-2. The van der Waals surface area contributed by atoms with E-state index in [1.54, 1.807) is 60.7 Å². The van der Waals surface area contributed by atoms with Gasteiger partial charge in [0.1, 0.15) is 23.3 Å². The summed E-state index contributed by atoms with van der Waals surface area (Å²) < 4.78 is 0. The van der Waals surface area contributed by atoms with Crippen LogP contribution in [0.1, 0.15) is 22.3 Å². The first kappa shape index (κ1) is 31.8. The SMILES string of the molecule is O=C1C2ON=C(c3cccc(N([O-])O)c3)C2C(=O)N1c1ccc(Cc2ccc(N3C(=O)C4ON=C(c5cccc(N([O-])O)c5)C4C3=O)cc2)cc1. The topological polar surface area (TPSA) is 211 Å². The van der Waals surface area contributed by atoms with Crippen molar-refractivity contribution < 1.29 is 39.3 Å². The molecule has 8 rings (SSSR count). The zero-order chi connectivity index (χ0) is 35.6. The van der Waals surface area contributed by atoms with Crippen molar-refractivity contribution in [3.63, 3.8) is 0 Å². The van der Waals surface area contributed by atoms with Crippen LogP contribution in [0.15, 0.2) is 107 Å². The predicted molar refractivity (Wildman–Crippen MR) is 179 cm³/mol. The molecule has 4 aromatic carbocycles. The average Bonchev–Trinajstić information content (AvgIpc) is 3.89. The van der Waals surface area contributed by atoms with Crippen LogP contribution in [-0.4, -0.2) is 57.7 Å². The molecule has 2 fully saturated rings. The van der Waals surface area contributed by atoms with Gasteiger partial charge in [-0.25, -0.2) is 9.80 Å². The quantitative estimate of drug-likeness (QED) is 0.202. The van der Waals surface area contributed by atoms with Crippen molar-refractivity contribution in [1.29, 1.82) is 0 Å². The van der Waals surface area contributed by atoms with Gasteiger partial charge in [-0.1, -0.05) is 58.8 Å². The van der Waals surface area contributed by atoms with Crippen LogP contribution in [-0.2, 0) is 35.3 Å². The van der Waals surface area contributed by atoms with E-state index in [0.717, 1.165) is 20.9 Å². The standard InChI is InChI=1S/C35H24N6O10/c42-32-26-28(20-3-1-5-24(16-20)40(46)47)36-50-30(26)34(44)38(32)22-11-7-18(8-12-22)15-19-9-13-23(14-10-19)39-33(43)27-29(37-51-31(27)35(39)45)21-4-2-6-25(17-21)41(48)49/h1-14,16-17,26-27,30-31,46,48H,15H2/q-2. The van der Waals surface area contributed by atoms with E-state index < -0.39 is 47.7 Å². The van der Waals surface area contributed by atoms with Gasteiger partial charge in [0.25, 0.3) is 11.8 Å². The first-order valence-corrected chi connectivity index (χ1v) is 15.5. The molecule has 0 bridgehead atoms. The monoisotopic (exact) mass is 688 g/mol. The zero-order valence-corrected chi connectivity index (χ0v) is 26.1. The molecule has 2 saturated heterocycles. The lowest BCUT2D eigenvalue weighted by Crippen LogP contribution is -2.33. The maximum atomic E-state index is 13.5. The second-order valence-corrected chi connectivity index (χ2v) is 12.1. The van der Waals surface area contributed by atoms with Crippen molar-refractivity contribution in [2.75, 3.05) is 20.3 Å². The number of anilines is 4. The summed E-state index contributed by atoms with van der Waals surface area (Å²) in [5.74, 6) is -4.28. The normalized spacial score (nSPS) is 22.0. The number of benzene rings is 4. The first-order chi connectivity index (χ1) is 24.6. The van der Waals surface area contributed by atoms with E-state index in [1.807, 2.05) is 0 Å². The molecule has 4 unspecified atom stereocenters. The van der Waals surface area contributed by atoms with Crippen LogP contribution < -0.4 is 20.3 Å². The molecule has 4 aliphatic heterocycles. The Labute approximate surface area is 287 Å². The highest BCUT2D eigenvalue weighted by Gasteiger charge is 2.57. The minimum Gasteiger partial charge on any atom is -0.733 e. The van der Waals surface area contributed by atoms with Gasteiger partial charge in [-0.3, -0.25) is 29.6 Å². The van der Waals surface area contributed by atoms with E-state index >= 15 is 0 Å². The Morgan fingerprint density at radius 3 is 1.35 bits per heavy atom. The third-order valence-corrected chi connectivity index (χ3v) is 9.15. The van der Waals surface area contributed by atoms with E-state index in [0.29, 0.717) is 28.9 Å². The number of nitrogens with zero attached hydrogens (tertiary/aromatic N) is 6. The Morgan fingerprint density at radius 1 is 0.588 bits per heavy atom. The number of rotatable bonds is 8. The van der Waals surface area contributed by atoms with Gasteiger partial charge in [0, 0.05) is 11.1 Å². The lowest BCUT2D eigenvalue weighted by Gasteiger charge is -2.22. The molecule has 16 heteroatoms. The Hall–Kier alpha value is -6.46. The van der Waals surface area contributed by atoms with E-state index in [1.165, 1.54) is 36.4 Å². The first-order valence-electron chi connectivity index (χ1n) is 15.5. The van der Waals surface area contributed by atoms with Crippen molar-refractivity contribution >= 4 is 57.8 Å². The number of carbonyl (C=O) groups excluding carboxylic acids is 4. The molecule has 0 aromatic heterocycles. The smallest absolute Gasteiger partial charge is 0.278 e. The molecule has 51 heavy (non-hydrogen) atoms. The Kier molecular flexibility index (Phi) is 7.57. The summed E-state index contributed by atoms with van der Waals surface area (Å²) in [6, 6.07) is 25.3. The summed E-state index contributed by atoms with van der Waals surface area (Å²) in [7, 11) is 0. The van der Waals surface area contributed by atoms with Gasteiger partial charge in [0.15, 0.2) is 0 Å². The number of hydrogen-bond donors (Lipinski definition) is 2. The molecule has 4 aliphatic rings. The summed E-state index contributed by atoms with van der Waals surface area (Å²) >= 11 is 0. The van der Waals surface area contributed by atoms with Gasteiger partial charge in [0.2, 0.25) is 24.0 Å². The molecular weight excluding hydrogens is 664 g/mol. The van der Waals surface area contributed by atoms with Crippen molar-refractivity contribution in [3.05, 3.63) is 130 Å². The van der Waals surface area contributed by atoms with Crippen LogP contribution in [0.2, 0.25) is 0 Å². The summed E-state index contributed by atoms with van der Waals surface area (Å²) in [6.07, 6.45) is -1.86. The molecule has 0 spiro atoms. The fraction of sp³-hybridized carbons (Fsp3) is 0.143. The Bertz CT molecular complexity index is 2020. The fourth-order valence-corrected chi connectivity index (χ4v) is 6.67. The largest absolute Gasteiger partial charge is 0.733 e. The van der Waals surface area contributed by atoms with Crippen molar-refractivity contribution in [2.45, 2.75) is 18.6 Å². The fourth-order valence-electron chi connectivity index (χ4n) is 6.67. The van der Waals surface area contributed by atoms with Crippen molar-refractivity contribution in [2.24, 2.45) is 22.1 Å². The number of carbonyl (C=O) groups is 4. The summed E-state index contributed by atoms with van der Waals surface area (Å²) in [5, 5.41) is 48.5. The van der Waals surface area contributed by atoms with E-state index in [4.69, 9.17) is 9.68 Å². The molecule has 0 saturated carbocycles. The van der Waals surface area contributed by atoms with Crippen LogP contribution in [0.3, 0.4) is 0 Å². The number of hydrogen-bond acceptors (Lipinski definition) is 14. The molecule has 4 aromatic rings. The van der Waals surface area contributed by atoms with Gasteiger partial charge in [0.05, 0.1) is 22.7 Å². The highest BCUT2D eigenvalue weighted by molar-refractivity contribution is 6.33. The highest BCUT2D eigenvalue weighted by atomic mass is 16.8. The van der Waals surface area contributed by atoms with Gasteiger partial charge in [-0.15, -0.1) is 0 Å². The van der Waals surface area contributed by atoms with E-state index in [-0.39, 0.29) is 33.3 Å². The van der Waals surface area contributed by atoms with Gasteiger partial charge < -0.3 is 30.5 Å². The molecule has 2 N–H and O–H groups in total. The summed E-state index contributed by atoms with van der Waals surface area (Å²) in [4.78, 5) is 66.2. The van der Waals surface area contributed by atoms with Crippen LogP contribution in [0.5, 0.6) is 0 Å². The third kappa shape index (κ3) is 5.26. The summed E-state index contributed by atoms with van der Waals surface area (Å²) in [6.45, 7) is 0. The van der Waals surface area contributed by atoms with Crippen LogP contribution in [0, 0.1) is 22.3 Å². The van der Waals surface area contributed by atoms with Crippen LogP contribution >= 0.6 is 0 Å². The van der Waals surface area contributed by atoms with Crippen molar-refractivity contribution in [1.82, 2.24) is 0 Å². The number of imide groups is 2. The highest BCUT2D eigenvalue weighted by Crippen LogP contribution is 2.38. The van der Waals surface area contributed by atoms with Crippen LogP contribution in [0.4, 0.5) is 22.7 Å². The minimum atomic E-state index is -1.16. The van der Waals surface area contributed by atoms with Gasteiger partial charge in [-0.05, 0) is 66.1 Å². The Morgan fingerprint density at radius 2 is 0.980 bits per heavy atom. The molecule has 4 atom stereocenters. The van der Waals surface area contributed by atoms with E-state index in [2.05, 4.69) is 10.3 Å². The molecule has 0 radical (unpaired) electrons. The maximum absolute atomic E-state index is 13.5. The maximum Gasteiger partial charge on any atom is 0.278 e. The third-order valence-electron chi connectivity index (χ3n) is 9.15. The number of oxime groups is 2. The molecule has 256 valence electrons. The second kappa shape index (κ2) is 12.1. The van der Waals surface area contributed by atoms with Crippen molar-refractivity contribution in [3.8, 4) is 0 Å². The molecule has 4 amide bonds. The minimum absolute atomic E-state index is 0.0711. The average molecular weight is 689 g/mol. The Balaban J connectivity index is 0.944. The lowest BCUT2D eigenvalue weighted by atomic mass is 9.94. The molecule has 4 heterocycles. The number of amides is 4. The number of fused-ring (bicyclic) bond motifs is 2. The van der Waals surface area contributed by atoms with Gasteiger partial charge >= 0.3 is 0 Å². The van der Waals surface area contributed by atoms with E-state index in [9.17, 15) is 40.0 Å². The predicted octanol–water partition coefficient (Wildman–Crippen LogP) is 3.25. The van der Waals surface area contributed by atoms with Gasteiger partial charge in [-0.2, -0.15) is 0 Å². The lowest BCUT2D eigenvalue weighted by molar-refractivity contribution is -0.127. The molecule has 0 aliphatic carbocycles. The molecule has 16 nitrogen and oxygen atoms in total. The van der Waals surface area contributed by atoms with Crippen LogP contribution in [0.25, 0.3) is 0 Å².